The van der Waals surface area contributed by atoms with Crippen molar-refractivity contribution in [3.8, 4) is 0 Å². The van der Waals surface area contributed by atoms with E-state index in [0.29, 0.717) is 0 Å². The van der Waals surface area contributed by atoms with Crippen molar-refractivity contribution in [1.29, 1.82) is 0 Å². The van der Waals surface area contributed by atoms with Gasteiger partial charge in [0.2, 0.25) is 5.91 Å². The average molecular weight is 233 g/mol. The molecule has 9 nitrogen and oxygen atoms in total. The number of carboxylic acid groups (broad SMARTS) is 1. The van der Waals surface area contributed by atoms with E-state index in [9.17, 15) is 9.59 Å². The Morgan fingerprint density at radius 1 is 1.38 bits per heavy atom. The number of aliphatic carboxylic acids is 1. The Bertz CT molecular complexity index is 289. The maximum Gasteiger partial charge on any atom is 0.320 e. The molecule has 0 aliphatic heterocycles. The number of amides is 1. The lowest BCUT2D eigenvalue weighted by Gasteiger charge is -2.14. The minimum absolute atomic E-state index is 0.143. The molecule has 92 valence electrons. The maximum absolute atomic E-state index is 11.1. The molecule has 2 atom stereocenters. The Labute approximate surface area is 91.3 Å². The number of rotatable bonds is 6. The van der Waals surface area contributed by atoms with Gasteiger partial charge in [-0.3, -0.25) is 19.8 Å². The number of guanidine groups is 1. The summed E-state index contributed by atoms with van der Waals surface area (Å²) in [6.07, 6.45) is -0.182. The predicted molar refractivity (Wildman–Crippen MR) is 54.3 cm³/mol. The summed E-state index contributed by atoms with van der Waals surface area (Å²) < 4.78 is 0. The van der Waals surface area contributed by atoms with Gasteiger partial charge in [-0.2, -0.15) is 0 Å². The lowest BCUT2D eigenvalue weighted by molar-refractivity contribution is -0.139. The summed E-state index contributed by atoms with van der Waals surface area (Å²) in [7, 11) is 0. The SMILES string of the molecule is NC(N)=NCC(CC(N)C(=O)O)C(=O)NO. The Kier molecular flexibility index (Phi) is 5.81. The molecule has 0 saturated carbocycles. The third kappa shape index (κ3) is 5.12. The maximum atomic E-state index is 11.1. The van der Waals surface area contributed by atoms with Gasteiger partial charge in [0.15, 0.2) is 5.96 Å². The van der Waals surface area contributed by atoms with E-state index in [0.717, 1.165) is 0 Å². The van der Waals surface area contributed by atoms with Gasteiger partial charge >= 0.3 is 5.97 Å². The zero-order valence-corrected chi connectivity index (χ0v) is 8.46. The molecule has 1 amide bonds. The van der Waals surface area contributed by atoms with Gasteiger partial charge in [0.25, 0.3) is 0 Å². The van der Waals surface area contributed by atoms with Gasteiger partial charge in [-0.15, -0.1) is 0 Å². The number of hydrogen-bond donors (Lipinski definition) is 6. The molecule has 0 aromatic heterocycles. The van der Waals surface area contributed by atoms with Crippen LogP contribution in [0, 0.1) is 5.92 Å². The van der Waals surface area contributed by atoms with E-state index in [1.165, 1.54) is 5.48 Å². The van der Waals surface area contributed by atoms with Crippen LogP contribution >= 0.6 is 0 Å². The Morgan fingerprint density at radius 2 is 1.94 bits per heavy atom. The minimum Gasteiger partial charge on any atom is -0.480 e. The zero-order chi connectivity index (χ0) is 12.7. The van der Waals surface area contributed by atoms with E-state index in [-0.39, 0.29) is 18.9 Å². The second-order valence-corrected chi connectivity index (χ2v) is 3.12. The van der Waals surface area contributed by atoms with Gasteiger partial charge in [0.05, 0.1) is 12.5 Å². The number of hydroxylamine groups is 1. The smallest absolute Gasteiger partial charge is 0.320 e. The van der Waals surface area contributed by atoms with Crippen LogP contribution in [-0.4, -0.2) is 40.7 Å². The number of carbonyl (C=O) groups excluding carboxylic acids is 1. The molecular weight excluding hydrogens is 218 g/mol. The highest BCUT2D eigenvalue weighted by atomic mass is 16.5. The fourth-order valence-corrected chi connectivity index (χ4v) is 0.979. The highest BCUT2D eigenvalue weighted by Gasteiger charge is 2.24. The largest absolute Gasteiger partial charge is 0.480 e. The standard InChI is InChI=1S/C7H15N5O4/c8-4(6(14)15)1-3(5(13)12-16)2-11-7(9)10/h3-4,16H,1-2,8H2,(H,12,13)(H,14,15)(H4,9,10,11). The molecule has 0 aromatic rings. The fraction of sp³-hybridized carbons (Fsp3) is 0.571. The summed E-state index contributed by atoms with van der Waals surface area (Å²) >= 11 is 0. The first-order valence-corrected chi connectivity index (χ1v) is 4.36. The highest BCUT2D eigenvalue weighted by Crippen LogP contribution is 2.07. The van der Waals surface area contributed by atoms with Gasteiger partial charge in [0, 0.05) is 0 Å². The topological polar surface area (TPSA) is 177 Å². The molecule has 0 fully saturated rings. The van der Waals surface area contributed by atoms with Gasteiger partial charge in [0.1, 0.15) is 6.04 Å². The van der Waals surface area contributed by atoms with Crippen molar-refractivity contribution >= 4 is 17.8 Å². The summed E-state index contributed by atoms with van der Waals surface area (Å²) in [6, 6.07) is -1.23. The average Bonchev–Trinajstić information content (AvgIpc) is 2.22. The van der Waals surface area contributed by atoms with Gasteiger partial charge in [-0.1, -0.05) is 0 Å². The zero-order valence-electron chi connectivity index (χ0n) is 8.46. The third-order valence-corrected chi connectivity index (χ3v) is 1.83. The number of nitrogens with one attached hydrogen (secondary N) is 1. The number of nitrogens with zero attached hydrogens (tertiary/aromatic N) is 1. The first-order valence-electron chi connectivity index (χ1n) is 4.36. The van der Waals surface area contributed by atoms with Crippen LogP contribution < -0.4 is 22.7 Å². The molecule has 16 heavy (non-hydrogen) atoms. The third-order valence-electron chi connectivity index (χ3n) is 1.83. The first-order chi connectivity index (χ1) is 7.38. The van der Waals surface area contributed by atoms with E-state index < -0.39 is 23.8 Å². The molecular formula is C7H15N5O4. The molecule has 0 aliphatic rings. The van der Waals surface area contributed by atoms with Crippen molar-refractivity contribution in [2.45, 2.75) is 12.5 Å². The van der Waals surface area contributed by atoms with Crippen molar-refractivity contribution < 1.29 is 19.9 Å². The molecule has 0 radical (unpaired) electrons. The predicted octanol–water partition coefficient (Wildman–Crippen LogP) is -2.82. The molecule has 0 bridgehead atoms. The lowest BCUT2D eigenvalue weighted by Crippen LogP contribution is -2.39. The van der Waals surface area contributed by atoms with Crippen LogP contribution in [0.1, 0.15) is 6.42 Å². The summed E-state index contributed by atoms with van der Waals surface area (Å²) in [5.41, 5.74) is 16.8. The monoisotopic (exact) mass is 233 g/mol. The van der Waals surface area contributed by atoms with Crippen LogP contribution in [-0.2, 0) is 9.59 Å². The van der Waals surface area contributed by atoms with Gasteiger partial charge in [-0.25, -0.2) is 5.48 Å². The van der Waals surface area contributed by atoms with Crippen molar-refractivity contribution in [3.63, 3.8) is 0 Å². The van der Waals surface area contributed by atoms with E-state index in [1.54, 1.807) is 0 Å². The number of carboxylic acids is 1. The fourth-order valence-electron chi connectivity index (χ4n) is 0.979. The summed E-state index contributed by atoms with van der Waals surface area (Å²) in [4.78, 5) is 25.2. The van der Waals surface area contributed by atoms with Crippen LogP contribution in [0.3, 0.4) is 0 Å². The van der Waals surface area contributed by atoms with Crippen molar-refractivity contribution in [2.24, 2.45) is 28.1 Å². The quantitative estimate of drug-likeness (QED) is 0.124. The molecule has 9 heteroatoms. The molecule has 0 aliphatic carbocycles. The van der Waals surface area contributed by atoms with Crippen molar-refractivity contribution in [2.75, 3.05) is 6.54 Å². The molecule has 9 N–H and O–H groups in total. The molecule has 2 unspecified atom stereocenters. The lowest BCUT2D eigenvalue weighted by atomic mass is 10.00. The molecule has 0 aromatic carbocycles. The summed E-state index contributed by atoms with van der Waals surface area (Å²) in [5.74, 6) is -3.18. The van der Waals surface area contributed by atoms with Gasteiger partial charge in [-0.05, 0) is 6.42 Å². The molecule has 0 spiro atoms. The van der Waals surface area contributed by atoms with E-state index in [2.05, 4.69) is 4.99 Å². The van der Waals surface area contributed by atoms with Crippen molar-refractivity contribution in [1.82, 2.24) is 5.48 Å². The normalized spacial score (nSPS) is 13.6. The minimum atomic E-state index is -1.25. The molecule has 0 heterocycles. The Balaban J connectivity index is 4.49. The van der Waals surface area contributed by atoms with Crippen LogP contribution in [0.15, 0.2) is 4.99 Å². The van der Waals surface area contributed by atoms with Crippen molar-refractivity contribution in [3.05, 3.63) is 0 Å². The Hall–Kier alpha value is -1.87. The van der Waals surface area contributed by atoms with E-state index >= 15 is 0 Å². The highest BCUT2D eigenvalue weighted by molar-refractivity contribution is 5.80. The van der Waals surface area contributed by atoms with E-state index in [1.807, 2.05) is 0 Å². The number of hydrogen-bond acceptors (Lipinski definition) is 5. The number of aliphatic imine (C=N–C) groups is 1. The number of carbonyl (C=O) groups is 2. The second kappa shape index (κ2) is 6.58. The second-order valence-electron chi connectivity index (χ2n) is 3.12. The molecule has 0 rings (SSSR count). The first kappa shape index (κ1) is 14.1. The van der Waals surface area contributed by atoms with E-state index in [4.69, 9.17) is 27.5 Å². The molecule has 0 saturated heterocycles. The van der Waals surface area contributed by atoms with Crippen LogP contribution in [0.4, 0.5) is 0 Å². The van der Waals surface area contributed by atoms with Crippen LogP contribution in [0.5, 0.6) is 0 Å². The number of nitrogens with two attached hydrogens (primary N) is 3. The van der Waals surface area contributed by atoms with Crippen LogP contribution in [0.25, 0.3) is 0 Å². The van der Waals surface area contributed by atoms with Crippen LogP contribution in [0.2, 0.25) is 0 Å². The summed E-state index contributed by atoms with van der Waals surface area (Å²) in [6.45, 7) is -0.143. The Morgan fingerprint density at radius 3 is 2.31 bits per heavy atom. The van der Waals surface area contributed by atoms with Gasteiger partial charge < -0.3 is 22.3 Å². The summed E-state index contributed by atoms with van der Waals surface area (Å²) in [5, 5.41) is 17.0.